The molecule has 2 bridgehead atoms. The van der Waals surface area contributed by atoms with Crippen molar-refractivity contribution in [3.8, 4) is 0 Å². The van der Waals surface area contributed by atoms with E-state index in [-0.39, 0.29) is 23.4 Å². The third kappa shape index (κ3) is 0.528. The van der Waals surface area contributed by atoms with E-state index >= 15 is 0 Å². The Balaban J connectivity index is 1.66. The summed E-state index contributed by atoms with van der Waals surface area (Å²) in [5, 5.41) is 9.26. The molecule has 72 valence electrons. The molecular weight excluding hydrogens is 168 g/mol. The van der Waals surface area contributed by atoms with Gasteiger partial charge in [-0.2, -0.15) is 0 Å². The van der Waals surface area contributed by atoms with Crippen molar-refractivity contribution in [3.63, 3.8) is 0 Å². The summed E-state index contributed by atoms with van der Waals surface area (Å²) in [6.45, 7) is 4.30. The monoisotopic (exact) mass is 182 g/mol. The number of ether oxygens (including phenoxy) is 2. The van der Waals surface area contributed by atoms with E-state index in [1.807, 2.05) is 13.8 Å². The molecule has 4 unspecified atom stereocenters. The highest BCUT2D eigenvalue weighted by molar-refractivity contribution is 5.42. The van der Waals surface area contributed by atoms with E-state index in [1.54, 1.807) is 0 Å². The van der Waals surface area contributed by atoms with E-state index in [0.29, 0.717) is 18.4 Å². The van der Waals surface area contributed by atoms with Gasteiger partial charge in [0.05, 0.1) is 12.2 Å². The minimum atomic E-state index is -0.386. The first-order valence-electron chi connectivity index (χ1n) is 5.08. The van der Waals surface area contributed by atoms with Crippen LogP contribution in [0.15, 0.2) is 0 Å². The van der Waals surface area contributed by atoms with Crippen LogP contribution in [0.1, 0.15) is 13.8 Å². The summed E-state index contributed by atoms with van der Waals surface area (Å²) in [5.74, 6) is 1.59. The molecule has 0 aromatic heterocycles. The van der Waals surface area contributed by atoms with Crippen molar-refractivity contribution in [2.45, 2.75) is 31.8 Å². The molecule has 13 heavy (non-hydrogen) atoms. The number of aliphatic hydroxyl groups excluding tert-OH is 1. The summed E-state index contributed by atoms with van der Waals surface area (Å²) in [6, 6.07) is 0. The molecule has 3 nitrogen and oxygen atoms in total. The van der Waals surface area contributed by atoms with Crippen molar-refractivity contribution in [3.05, 3.63) is 0 Å². The molecule has 0 radical (unpaired) electrons. The van der Waals surface area contributed by atoms with Gasteiger partial charge in [0.1, 0.15) is 0 Å². The van der Waals surface area contributed by atoms with Crippen LogP contribution in [0.2, 0.25) is 0 Å². The van der Waals surface area contributed by atoms with Crippen molar-refractivity contribution >= 4 is 0 Å². The second-order valence-corrected chi connectivity index (χ2v) is 5.41. The van der Waals surface area contributed by atoms with Gasteiger partial charge in [-0.05, 0) is 19.8 Å². The lowest BCUT2D eigenvalue weighted by molar-refractivity contribution is -0.162. The van der Waals surface area contributed by atoms with Crippen molar-refractivity contribution in [1.29, 1.82) is 0 Å². The lowest BCUT2D eigenvalue weighted by Crippen LogP contribution is -2.25. The molecule has 1 aliphatic heterocycles. The van der Waals surface area contributed by atoms with Crippen molar-refractivity contribution < 1.29 is 14.6 Å². The highest BCUT2D eigenvalue weighted by Crippen LogP contribution is 2.92. The number of rotatable bonds is 1. The summed E-state index contributed by atoms with van der Waals surface area (Å²) < 4.78 is 11.7. The van der Waals surface area contributed by atoms with Crippen LogP contribution in [0.3, 0.4) is 0 Å². The highest BCUT2D eigenvalue weighted by atomic mass is 16.8. The molecule has 5 fully saturated rings. The molecular formula is C10H14O3. The fourth-order valence-corrected chi connectivity index (χ4v) is 4.08. The Morgan fingerprint density at radius 1 is 1.08 bits per heavy atom. The van der Waals surface area contributed by atoms with E-state index in [0.717, 1.165) is 5.92 Å². The summed E-state index contributed by atoms with van der Waals surface area (Å²) in [6.07, 6.45) is 0.578. The first kappa shape index (κ1) is 7.21. The zero-order valence-corrected chi connectivity index (χ0v) is 7.86. The maximum Gasteiger partial charge on any atom is 0.163 e. The van der Waals surface area contributed by atoms with Gasteiger partial charge in [-0.15, -0.1) is 0 Å². The third-order valence-corrected chi connectivity index (χ3v) is 4.56. The highest BCUT2D eigenvalue weighted by Gasteiger charge is 2.96. The first-order valence-corrected chi connectivity index (χ1v) is 5.08. The van der Waals surface area contributed by atoms with Gasteiger partial charge < -0.3 is 14.6 Å². The Kier molecular flexibility index (Phi) is 0.873. The van der Waals surface area contributed by atoms with Gasteiger partial charge in [-0.25, -0.2) is 0 Å². The Hall–Kier alpha value is -0.120. The minimum absolute atomic E-state index is 0.256. The third-order valence-electron chi connectivity index (χ3n) is 4.56. The Morgan fingerprint density at radius 3 is 2.00 bits per heavy atom. The summed E-state index contributed by atoms with van der Waals surface area (Å²) >= 11 is 0. The summed E-state index contributed by atoms with van der Waals surface area (Å²) in [5.41, 5.74) is 0.256. The second kappa shape index (κ2) is 1.58. The van der Waals surface area contributed by atoms with Gasteiger partial charge in [0.2, 0.25) is 0 Å². The van der Waals surface area contributed by atoms with E-state index < -0.39 is 0 Å². The molecule has 0 aromatic rings. The molecule has 0 amide bonds. The van der Waals surface area contributed by atoms with Crippen molar-refractivity contribution in [1.82, 2.24) is 0 Å². The average Bonchev–Trinajstić information content (AvgIpc) is 2.73. The zero-order chi connectivity index (χ0) is 9.01. The van der Waals surface area contributed by atoms with Gasteiger partial charge >= 0.3 is 0 Å². The van der Waals surface area contributed by atoms with E-state index in [4.69, 9.17) is 9.47 Å². The smallest absolute Gasteiger partial charge is 0.163 e. The number of hydrogen-bond acceptors (Lipinski definition) is 3. The van der Waals surface area contributed by atoms with Gasteiger partial charge in [-0.1, -0.05) is 0 Å². The number of aliphatic hydroxyl groups is 1. The fraction of sp³-hybridized carbons (Fsp3) is 1.00. The maximum atomic E-state index is 9.26. The normalized spacial score (nSPS) is 69.0. The summed E-state index contributed by atoms with van der Waals surface area (Å²) in [4.78, 5) is 0. The maximum absolute atomic E-state index is 9.26. The standard InChI is InChI=1S/C10H14O3/c1-9(2)12-7-5-4-6(8(7)13-9)10(4,5)3-11/h4-8,11H,3H2,1-2H3. The van der Waals surface area contributed by atoms with E-state index in [2.05, 4.69) is 0 Å². The van der Waals surface area contributed by atoms with E-state index in [1.165, 1.54) is 0 Å². The molecule has 1 heterocycles. The van der Waals surface area contributed by atoms with Crippen LogP contribution in [0.5, 0.6) is 0 Å². The van der Waals surface area contributed by atoms with Crippen molar-refractivity contribution in [2.24, 2.45) is 23.2 Å². The first-order chi connectivity index (χ1) is 6.12. The zero-order valence-electron chi connectivity index (χ0n) is 7.86. The van der Waals surface area contributed by atoms with Crippen LogP contribution in [0.4, 0.5) is 0 Å². The van der Waals surface area contributed by atoms with Crippen LogP contribution >= 0.6 is 0 Å². The van der Waals surface area contributed by atoms with Crippen molar-refractivity contribution in [2.75, 3.05) is 6.61 Å². The van der Waals surface area contributed by atoms with Gasteiger partial charge in [0.15, 0.2) is 5.79 Å². The van der Waals surface area contributed by atoms with Crippen LogP contribution in [0, 0.1) is 23.2 Å². The minimum Gasteiger partial charge on any atom is -0.396 e. The Labute approximate surface area is 77.0 Å². The van der Waals surface area contributed by atoms with Crippen LogP contribution in [-0.2, 0) is 9.47 Å². The molecule has 3 heteroatoms. The lowest BCUT2D eigenvalue weighted by atomic mass is 10.1. The quantitative estimate of drug-likeness (QED) is 0.637. The Bertz CT molecular complexity index is 277. The lowest BCUT2D eigenvalue weighted by Gasteiger charge is -2.21. The SMILES string of the molecule is CC1(C)OC2C(O1)C1C3C2C13CO. The molecule has 1 N–H and O–H groups in total. The topological polar surface area (TPSA) is 38.7 Å². The van der Waals surface area contributed by atoms with Crippen LogP contribution in [0.25, 0.3) is 0 Å². The Morgan fingerprint density at radius 2 is 1.62 bits per heavy atom. The molecule has 5 rings (SSSR count). The van der Waals surface area contributed by atoms with Crippen LogP contribution < -0.4 is 0 Å². The summed E-state index contributed by atoms with van der Waals surface area (Å²) in [7, 11) is 0. The molecule has 4 atom stereocenters. The molecule has 1 saturated heterocycles. The van der Waals surface area contributed by atoms with Gasteiger partial charge in [0.25, 0.3) is 0 Å². The van der Waals surface area contributed by atoms with Gasteiger partial charge in [-0.3, -0.25) is 0 Å². The van der Waals surface area contributed by atoms with Gasteiger partial charge in [0, 0.05) is 23.9 Å². The molecule has 4 aliphatic carbocycles. The second-order valence-electron chi connectivity index (χ2n) is 5.41. The number of hydrogen-bond donors (Lipinski definition) is 1. The molecule has 0 spiro atoms. The predicted molar refractivity (Wildman–Crippen MR) is 43.8 cm³/mol. The fourth-order valence-electron chi connectivity index (χ4n) is 4.08. The van der Waals surface area contributed by atoms with Crippen LogP contribution in [-0.4, -0.2) is 29.7 Å². The average molecular weight is 182 g/mol. The largest absolute Gasteiger partial charge is 0.396 e. The molecule has 5 aliphatic rings. The van der Waals surface area contributed by atoms with E-state index in [9.17, 15) is 5.11 Å². The predicted octanol–water partition coefficient (Wildman–Crippen LogP) is 0.375. The molecule has 4 saturated carbocycles. The molecule has 0 aromatic carbocycles.